The third-order valence-corrected chi connectivity index (χ3v) is 5.33. The van der Waals surface area contributed by atoms with Gasteiger partial charge in [0.05, 0.1) is 0 Å². The zero-order valence-corrected chi connectivity index (χ0v) is 14.8. The van der Waals surface area contributed by atoms with Crippen LogP contribution in [0.1, 0.15) is 71.1 Å². The molecule has 114 valence electrons. The van der Waals surface area contributed by atoms with Crippen LogP contribution in [-0.2, 0) is 10.8 Å². The van der Waals surface area contributed by atoms with E-state index in [4.69, 9.17) is 0 Å². The molecule has 0 saturated carbocycles. The highest BCUT2D eigenvalue weighted by atomic mass is 14.3. The summed E-state index contributed by atoms with van der Waals surface area (Å²) in [5.41, 5.74) is 4.90. The van der Waals surface area contributed by atoms with Crippen LogP contribution in [0.5, 0.6) is 0 Å². The molecule has 0 spiro atoms. The summed E-state index contributed by atoms with van der Waals surface area (Å²) in [5.74, 6) is 0. The highest BCUT2D eigenvalue weighted by Gasteiger charge is 2.28. The fraction of sp³-hybridized carbons (Fsp3) is 0.524. The molecule has 2 aromatic rings. The first-order valence-electron chi connectivity index (χ1n) is 8.28. The topological polar surface area (TPSA) is 0 Å². The van der Waals surface area contributed by atoms with Crippen molar-refractivity contribution in [3.63, 3.8) is 0 Å². The van der Waals surface area contributed by atoms with Gasteiger partial charge in [0.15, 0.2) is 0 Å². The van der Waals surface area contributed by atoms with Crippen LogP contribution in [0.15, 0.2) is 30.3 Å². The highest BCUT2D eigenvalue weighted by molar-refractivity contribution is 5.90. The van der Waals surface area contributed by atoms with E-state index in [2.05, 4.69) is 78.8 Å². The van der Waals surface area contributed by atoms with Gasteiger partial charge in [-0.3, -0.25) is 0 Å². The number of fused-ring (bicyclic) bond motifs is 1. The van der Waals surface area contributed by atoms with Crippen molar-refractivity contribution in [2.24, 2.45) is 0 Å². The van der Waals surface area contributed by atoms with Crippen LogP contribution >= 0.6 is 0 Å². The minimum Gasteiger partial charge on any atom is -0.0645 e. The fourth-order valence-electron chi connectivity index (χ4n) is 3.43. The Morgan fingerprint density at radius 1 is 0.810 bits per heavy atom. The molecule has 0 amide bonds. The van der Waals surface area contributed by atoms with Gasteiger partial charge in [-0.15, -0.1) is 0 Å². The van der Waals surface area contributed by atoms with E-state index in [1.165, 1.54) is 40.3 Å². The third-order valence-electron chi connectivity index (χ3n) is 5.33. The van der Waals surface area contributed by atoms with E-state index in [9.17, 15) is 0 Å². The molecule has 0 heterocycles. The van der Waals surface area contributed by atoms with Crippen LogP contribution in [0, 0.1) is 6.92 Å². The van der Waals surface area contributed by atoms with Gasteiger partial charge in [-0.1, -0.05) is 71.9 Å². The van der Waals surface area contributed by atoms with E-state index in [-0.39, 0.29) is 10.8 Å². The van der Waals surface area contributed by atoms with Crippen molar-refractivity contribution in [2.75, 3.05) is 0 Å². The first kappa shape index (κ1) is 16.1. The van der Waals surface area contributed by atoms with E-state index in [1.54, 1.807) is 0 Å². The SMILES string of the molecule is CCC(C)(CC)c1cc(C(C)(C)C)c(C)c2ccccc12. The molecule has 0 bridgehead atoms. The molecule has 0 fully saturated rings. The lowest BCUT2D eigenvalue weighted by molar-refractivity contribution is 0.441. The minimum atomic E-state index is 0.186. The van der Waals surface area contributed by atoms with Crippen molar-refractivity contribution in [2.45, 2.75) is 72.1 Å². The predicted molar refractivity (Wildman–Crippen MR) is 95.3 cm³/mol. The zero-order chi connectivity index (χ0) is 15.8. The Morgan fingerprint density at radius 2 is 1.33 bits per heavy atom. The molecular weight excluding hydrogens is 252 g/mol. The van der Waals surface area contributed by atoms with Crippen LogP contribution in [-0.4, -0.2) is 0 Å². The molecule has 0 aromatic heterocycles. The standard InChI is InChI=1S/C21H30/c1-8-21(7,9-2)19-14-18(20(4,5)6)15(3)16-12-10-11-13-17(16)19/h10-14H,8-9H2,1-7H3. The van der Waals surface area contributed by atoms with Gasteiger partial charge in [-0.2, -0.15) is 0 Å². The Kier molecular flexibility index (Phi) is 4.19. The molecule has 0 aliphatic carbocycles. The minimum absolute atomic E-state index is 0.186. The molecule has 0 atom stereocenters. The molecule has 0 radical (unpaired) electrons. The maximum atomic E-state index is 2.49. The average Bonchev–Trinajstić information content (AvgIpc) is 2.46. The number of hydrogen-bond acceptors (Lipinski definition) is 0. The molecule has 0 unspecified atom stereocenters. The molecule has 0 aliphatic rings. The van der Waals surface area contributed by atoms with E-state index >= 15 is 0 Å². The number of benzene rings is 2. The monoisotopic (exact) mass is 282 g/mol. The summed E-state index contributed by atoms with van der Waals surface area (Å²) in [6.45, 7) is 16.3. The summed E-state index contributed by atoms with van der Waals surface area (Å²) < 4.78 is 0. The fourth-order valence-corrected chi connectivity index (χ4v) is 3.43. The summed E-state index contributed by atoms with van der Waals surface area (Å²) >= 11 is 0. The Morgan fingerprint density at radius 3 is 1.81 bits per heavy atom. The number of aryl methyl sites for hydroxylation is 1. The molecule has 0 aliphatic heterocycles. The van der Waals surface area contributed by atoms with Gasteiger partial charge in [-0.25, -0.2) is 0 Å². The number of rotatable bonds is 3. The van der Waals surface area contributed by atoms with Gasteiger partial charge in [0.25, 0.3) is 0 Å². The van der Waals surface area contributed by atoms with Crippen molar-refractivity contribution in [3.05, 3.63) is 47.0 Å². The van der Waals surface area contributed by atoms with Crippen molar-refractivity contribution >= 4 is 10.8 Å². The van der Waals surface area contributed by atoms with Gasteiger partial charge >= 0.3 is 0 Å². The first-order chi connectivity index (χ1) is 9.74. The normalized spacial score (nSPS) is 12.9. The smallest absolute Gasteiger partial charge is 0.00742 e. The van der Waals surface area contributed by atoms with E-state index in [0.717, 1.165) is 0 Å². The van der Waals surface area contributed by atoms with Crippen LogP contribution < -0.4 is 0 Å². The molecular formula is C21H30. The van der Waals surface area contributed by atoms with Crippen LogP contribution in [0.4, 0.5) is 0 Å². The molecule has 21 heavy (non-hydrogen) atoms. The Balaban J connectivity index is 2.90. The Bertz CT molecular complexity index is 637. The van der Waals surface area contributed by atoms with Gasteiger partial charge in [0.1, 0.15) is 0 Å². The van der Waals surface area contributed by atoms with Crippen molar-refractivity contribution in [1.29, 1.82) is 0 Å². The highest BCUT2D eigenvalue weighted by Crippen LogP contribution is 2.40. The van der Waals surface area contributed by atoms with Crippen molar-refractivity contribution in [1.82, 2.24) is 0 Å². The predicted octanol–water partition coefficient (Wildman–Crippen LogP) is 6.52. The lowest BCUT2D eigenvalue weighted by Crippen LogP contribution is -2.22. The third kappa shape index (κ3) is 2.73. The number of hydrogen-bond donors (Lipinski definition) is 0. The van der Waals surface area contributed by atoms with Crippen molar-refractivity contribution < 1.29 is 0 Å². The van der Waals surface area contributed by atoms with E-state index < -0.39 is 0 Å². The summed E-state index contributed by atoms with van der Waals surface area (Å²) in [6.07, 6.45) is 2.36. The van der Waals surface area contributed by atoms with Gasteiger partial charge in [0, 0.05) is 0 Å². The van der Waals surface area contributed by atoms with Crippen molar-refractivity contribution in [3.8, 4) is 0 Å². The molecule has 0 heteroatoms. The van der Waals surface area contributed by atoms with Gasteiger partial charge < -0.3 is 0 Å². The summed E-state index contributed by atoms with van der Waals surface area (Å²) in [4.78, 5) is 0. The first-order valence-corrected chi connectivity index (χ1v) is 8.28. The molecule has 2 aromatic carbocycles. The van der Waals surface area contributed by atoms with E-state index in [0.29, 0.717) is 0 Å². The molecule has 0 nitrogen and oxygen atoms in total. The summed E-state index contributed by atoms with van der Waals surface area (Å²) in [7, 11) is 0. The van der Waals surface area contributed by atoms with Gasteiger partial charge in [-0.05, 0) is 58.1 Å². The van der Waals surface area contributed by atoms with Crippen LogP contribution in [0.3, 0.4) is 0 Å². The average molecular weight is 282 g/mol. The second-order valence-corrected chi connectivity index (χ2v) is 7.66. The van der Waals surface area contributed by atoms with Crippen LogP contribution in [0.25, 0.3) is 10.8 Å². The largest absolute Gasteiger partial charge is 0.0645 e. The second kappa shape index (κ2) is 5.48. The molecule has 0 N–H and O–H groups in total. The summed E-state index contributed by atoms with van der Waals surface area (Å²) in [6, 6.07) is 11.4. The maximum absolute atomic E-state index is 2.49. The quantitative estimate of drug-likeness (QED) is 0.601. The van der Waals surface area contributed by atoms with E-state index in [1.807, 2.05) is 0 Å². The maximum Gasteiger partial charge on any atom is -0.00742 e. The Labute approximate surface area is 130 Å². The molecule has 0 saturated heterocycles. The zero-order valence-electron chi connectivity index (χ0n) is 14.8. The van der Waals surface area contributed by atoms with Gasteiger partial charge in [0.2, 0.25) is 0 Å². The van der Waals surface area contributed by atoms with Crippen LogP contribution in [0.2, 0.25) is 0 Å². The summed E-state index contributed by atoms with van der Waals surface area (Å²) in [5, 5.41) is 2.86. The lowest BCUT2D eigenvalue weighted by atomic mass is 9.72. The Hall–Kier alpha value is -1.30. The molecule has 2 rings (SSSR count). The second-order valence-electron chi connectivity index (χ2n) is 7.66. The lowest BCUT2D eigenvalue weighted by Gasteiger charge is -2.32.